The van der Waals surface area contributed by atoms with Crippen LogP contribution in [0.5, 0.6) is 5.75 Å². The van der Waals surface area contributed by atoms with Crippen LogP contribution in [0.4, 0.5) is 13.9 Å². The van der Waals surface area contributed by atoms with E-state index in [0.29, 0.717) is 33.9 Å². The predicted molar refractivity (Wildman–Crippen MR) is 98.0 cm³/mol. The molecule has 1 aromatic carbocycles. The van der Waals surface area contributed by atoms with Gasteiger partial charge < -0.3 is 14.6 Å². The lowest BCUT2D eigenvalue weighted by atomic mass is 10.1. The number of aromatic nitrogens is 3. The molecule has 0 aliphatic carbocycles. The number of anilines is 1. The van der Waals surface area contributed by atoms with Gasteiger partial charge in [0.1, 0.15) is 5.75 Å². The van der Waals surface area contributed by atoms with E-state index in [2.05, 4.69) is 25.2 Å². The van der Waals surface area contributed by atoms with Gasteiger partial charge in [0.25, 0.3) is 0 Å². The summed E-state index contributed by atoms with van der Waals surface area (Å²) >= 11 is 2.53. The van der Waals surface area contributed by atoms with Crippen molar-refractivity contribution in [3.05, 3.63) is 41.4 Å². The van der Waals surface area contributed by atoms with Crippen LogP contribution in [0.1, 0.15) is 11.7 Å². The summed E-state index contributed by atoms with van der Waals surface area (Å²) in [6.07, 6.45) is 0. The van der Waals surface area contributed by atoms with Gasteiger partial charge in [0.15, 0.2) is 11.0 Å². The number of hydrogen-bond acceptors (Lipinski definition) is 8. The van der Waals surface area contributed by atoms with Gasteiger partial charge in [-0.25, -0.2) is 4.98 Å². The fourth-order valence-electron chi connectivity index (χ4n) is 2.12. The number of carbonyl (C=O) groups excluding carboxylic acids is 1. The Morgan fingerprint density at radius 3 is 2.93 bits per heavy atom. The van der Waals surface area contributed by atoms with Crippen molar-refractivity contribution in [3.8, 4) is 17.0 Å². The molecule has 0 saturated carbocycles. The van der Waals surface area contributed by atoms with Gasteiger partial charge in [-0.2, -0.15) is 13.8 Å². The standard InChI is InChI=1S/C16H14F2N4O3S2/c1-9-19-13(22-25-9)7-26-8-14(23)21-16-20-11(6-27-16)10-4-2-3-5-12(10)24-15(17)18/h2-6,15H,7-8H2,1H3,(H,20,21,23). The molecular weight excluding hydrogens is 398 g/mol. The molecule has 7 nitrogen and oxygen atoms in total. The molecule has 0 radical (unpaired) electrons. The van der Waals surface area contributed by atoms with Crippen LogP contribution in [-0.2, 0) is 10.5 Å². The first-order valence-electron chi connectivity index (χ1n) is 7.68. The maximum absolute atomic E-state index is 12.5. The zero-order valence-corrected chi connectivity index (χ0v) is 15.7. The van der Waals surface area contributed by atoms with E-state index in [9.17, 15) is 13.6 Å². The van der Waals surface area contributed by atoms with E-state index in [1.165, 1.54) is 29.2 Å². The number of amides is 1. The first kappa shape index (κ1) is 19.2. The third-order valence-electron chi connectivity index (χ3n) is 3.16. The van der Waals surface area contributed by atoms with Crippen LogP contribution in [0.3, 0.4) is 0 Å². The number of carbonyl (C=O) groups is 1. The summed E-state index contributed by atoms with van der Waals surface area (Å²) in [5.74, 6) is 1.43. The number of rotatable bonds is 8. The Morgan fingerprint density at radius 1 is 1.37 bits per heavy atom. The number of para-hydroxylation sites is 1. The second kappa shape index (κ2) is 8.91. The van der Waals surface area contributed by atoms with Crippen LogP contribution in [0.25, 0.3) is 11.3 Å². The van der Waals surface area contributed by atoms with Gasteiger partial charge in [0.2, 0.25) is 11.8 Å². The largest absolute Gasteiger partial charge is 0.434 e. The highest BCUT2D eigenvalue weighted by Gasteiger charge is 2.14. The van der Waals surface area contributed by atoms with Crippen molar-refractivity contribution in [2.75, 3.05) is 11.1 Å². The highest BCUT2D eigenvalue weighted by molar-refractivity contribution is 7.99. The summed E-state index contributed by atoms with van der Waals surface area (Å²) in [5.41, 5.74) is 0.873. The minimum atomic E-state index is -2.93. The highest BCUT2D eigenvalue weighted by Crippen LogP contribution is 2.33. The van der Waals surface area contributed by atoms with Crippen molar-refractivity contribution < 1.29 is 22.8 Å². The van der Waals surface area contributed by atoms with E-state index in [1.54, 1.807) is 30.5 Å². The Kier molecular flexibility index (Phi) is 6.35. The van der Waals surface area contributed by atoms with Crippen molar-refractivity contribution in [2.45, 2.75) is 19.3 Å². The molecule has 27 heavy (non-hydrogen) atoms. The van der Waals surface area contributed by atoms with E-state index in [-0.39, 0.29) is 17.4 Å². The topological polar surface area (TPSA) is 90.1 Å². The molecule has 0 spiro atoms. The van der Waals surface area contributed by atoms with Gasteiger partial charge in [0, 0.05) is 17.9 Å². The SMILES string of the molecule is Cc1nc(CSCC(=O)Nc2nc(-c3ccccc3OC(F)F)cs2)no1. The number of thiazole rings is 1. The van der Waals surface area contributed by atoms with Crippen LogP contribution in [-0.4, -0.2) is 33.4 Å². The number of hydrogen-bond donors (Lipinski definition) is 1. The maximum atomic E-state index is 12.5. The molecule has 3 aromatic rings. The van der Waals surface area contributed by atoms with Gasteiger partial charge >= 0.3 is 6.61 Å². The average Bonchev–Trinajstić information content (AvgIpc) is 3.24. The smallest absolute Gasteiger partial charge is 0.387 e. The molecular formula is C16H14F2N4O3S2. The molecule has 142 valence electrons. The molecule has 0 aliphatic heterocycles. The van der Waals surface area contributed by atoms with Crippen molar-refractivity contribution in [3.63, 3.8) is 0 Å². The molecule has 0 unspecified atom stereocenters. The number of ether oxygens (including phenoxy) is 1. The summed E-state index contributed by atoms with van der Waals surface area (Å²) < 4.78 is 34.4. The number of benzene rings is 1. The molecule has 2 aromatic heterocycles. The molecule has 0 fully saturated rings. The Balaban J connectivity index is 1.57. The second-order valence-electron chi connectivity index (χ2n) is 5.18. The Hall–Kier alpha value is -2.53. The van der Waals surface area contributed by atoms with Gasteiger partial charge in [0.05, 0.1) is 17.2 Å². The first-order chi connectivity index (χ1) is 13.0. The zero-order valence-electron chi connectivity index (χ0n) is 14.0. The fraction of sp³-hybridized carbons (Fsp3) is 0.250. The molecule has 0 bridgehead atoms. The summed E-state index contributed by atoms with van der Waals surface area (Å²) in [6.45, 7) is -1.23. The van der Waals surface area contributed by atoms with E-state index >= 15 is 0 Å². The van der Waals surface area contributed by atoms with Crippen LogP contribution >= 0.6 is 23.1 Å². The molecule has 2 heterocycles. The maximum Gasteiger partial charge on any atom is 0.387 e. The van der Waals surface area contributed by atoms with E-state index < -0.39 is 6.61 Å². The number of thioether (sulfide) groups is 1. The molecule has 0 aliphatic rings. The lowest BCUT2D eigenvalue weighted by Crippen LogP contribution is -2.14. The minimum absolute atomic E-state index is 0.0293. The Labute approximate surface area is 161 Å². The Morgan fingerprint density at radius 2 is 2.19 bits per heavy atom. The van der Waals surface area contributed by atoms with Crippen LogP contribution in [0, 0.1) is 6.92 Å². The van der Waals surface area contributed by atoms with Crippen LogP contribution in [0.2, 0.25) is 0 Å². The van der Waals surface area contributed by atoms with E-state index in [1.807, 2.05) is 0 Å². The van der Waals surface area contributed by atoms with Crippen molar-refractivity contribution in [2.24, 2.45) is 0 Å². The molecule has 3 rings (SSSR count). The third kappa shape index (κ3) is 5.47. The summed E-state index contributed by atoms with van der Waals surface area (Å²) in [5, 5.41) is 8.46. The molecule has 0 saturated heterocycles. The van der Waals surface area contributed by atoms with E-state index in [4.69, 9.17) is 4.52 Å². The lowest BCUT2D eigenvalue weighted by molar-refractivity contribution is -0.113. The number of alkyl halides is 2. The van der Waals surface area contributed by atoms with Crippen LogP contribution in [0.15, 0.2) is 34.2 Å². The zero-order chi connectivity index (χ0) is 19.2. The Bertz CT molecular complexity index is 916. The first-order valence-corrected chi connectivity index (χ1v) is 9.71. The van der Waals surface area contributed by atoms with E-state index in [0.717, 1.165) is 0 Å². The van der Waals surface area contributed by atoms with Crippen molar-refractivity contribution in [1.29, 1.82) is 0 Å². The lowest BCUT2D eigenvalue weighted by Gasteiger charge is -2.08. The minimum Gasteiger partial charge on any atom is -0.434 e. The highest BCUT2D eigenvalue weighted by atomic mass is 32.2. The predicted octanol–water partition coefficient (Wildman–Crippen LogP) is 3.97. The summed E-state index contributed by atoms with van der Waals surface area (Å²) in [6, 6.07) is 6.36. The monoisotopic (exact) mass is 412 g/mol. The quantitative estimate of drug-likeness (QED) is 0.599. The molecule has 11 heteroatoms. The summed E-state index contributed by atoms with van der Waals surface area (Å²) in [4.78, 5) is 20.3. The average molecular weight is 412 g/mol. The third-order valence-corrected chi connectivity index (χ3v) is 4.85. The number of aryl methyl sites for hydroxylation is 1. The second-order valence-corrected chi connectivity index (χ2v) is 7.03. The number of halogens is 2. The molecule has 1 N–H and O–H groups in total. The van der Waals surface area contributed by atoms with Crippen molar-refractivity contribution >= 4 is 34.1 Å². The molecule has 1 amide bonds. The molecule has 0 atom stereocenters. The van der Waals surface area contributed by atoms with Gasteiger partial charge in [-0.3, -0.25) is 4.79 Å². The van der Waals surface area contributed by atoms with Crippen molar-refractivity contribution in [1.82, 2.24) is 15.1 Å². The van der Waals surface area contributed by atoms with Gasteiger partial charge in [-0.05, 0) is 12.1 Å². The van der Waals surface area contributed by atoms with Crippen LogP contribution < -0.4 is 10.1 Å². The number of nitrogens with zero attached hydrogens (tertiary/aromatic N) is 3. The van der Waals surface area contributed by atoms with Gasteiger partial charge in [-0.1, -0.05) is 17.3 Å². The summed E-state index contributed by atoms with van der Waals surface area (Å²) in [7, 11) is 0. The number of nitrogens with one attached hydrogen (secondary N) is 1. The fourth-order valence-corrected chi connectivity index (χ4v) is 3.51. The normalized spacial score (nSPS) is 11.0. The van der Waals surface area contributed by atoms with Gasteiger partial charge in [-0.15, -0.1) is 23.1 Å².